The second-order valence-electron chi connectivity index (χ2n) is 5.49. The van der Waals surface area contributed by atoms with E-state index in [0.717, 1.165) is 19.7 Å². The Morgan fingerprint density at radius 2 is 1.85 bits per heavy atom. The molecule has 0 bridgehead atoms. The van der Waals surface area contributed by atoms with Crippen LogP contribution >= 0.6 is 41.2 Å². The summed E-state index contributed by atoms with van der Waals surface area (Å²) in [5.41, 5.74) is 2.60. The van der Waals surface area contributed by atoms with Gasteiger partial charge in [0, 0.05) is 15.5 Å². The molecule has 1 unspecified atom stereocenters. The number of hydrogen-bond acceptors (Lipinski definition) is 5. The van der Waals surface area contributed by atoms with Gasteiger partial charge in [-0.25, -0.2) is 4.98 Å². The molecule has 1 heterocycles. The zero-order valence-corrected chi connectivity index (χ0v) is 18.3. The number of benzene rings is 2. The van der Waals surface area contributed by atoms with Crippen LogP contribution in [0.4, 0.5) is 0 Å². The van der Waals surface area contributed by atoms with Gasteiger partial charge in [-0.05, 0) is 49.9 Å². The van der Waals surface area contributed by atoms with E-state index in [0.29, 0.717) is 17.1 Å². The molecule has 0 saturated carbocycles. The third-order valence-corrected chi connectivity index (χ3v) is 8.62. The minimum atomic E-state index is -3.15. The van der Waals surface area contributed by atoms with Crippen molar-refractivity contribution in [3.63, 3.8) is 0 Å². The summed E-state index contributed by atoms with van der Waals surface area (Å²) in [4.78, 5) is 16.4. The largest absolute Gasteiger partial charge is 0.341 e. The summed E-state index contributed by atoms with van der Waals surface area (Å²) in [5.74, 6) is 0. The SMILES string of the molecule is CCOP(O)(=S)c1nc(-c2ccc(Cl)cc2)sc1Sc1ccc(C)cc1. The van der Waals surface area contributed by atoms with Crippen LogP contribution in [0.5, 0.6) is 0 Å². The molecule has 1 N–H and O–H groups in total. The molecule has 0 amide bonds. The second-order valence-corrected chi connectivity index (χ2v) is 11.5. The van der Waals surface area contributed by atoms with Crippen LogP contribution in [0.15, 0.2) is 57.6 Å². The molecular weight excluding hydrogens is 425 g/mol. The first-order valence-electron chi connectivity index (χ1n) is 7.88. The number of nitrogens with zero attached hydrogens (tertiary/aromatic N) is 1. The fourth-order valence-corrected chi connectivity index (χ4v) is 7.43. The molecule has 3 aromatic rings. The van der Waals surface area contributed by atoms with Gasteiger partial charge >= 0.3 is 0 Å². The molecule has 2 aromatic carbocycles. The van der Waals surface area contributed by atoms with E-state index >= 15 is 0 Å². The van der Waals surface area contributed by atoms with Crippen molar-refractivity contribution in [3.8, 4) is 10.6 Å². The molecule has 0 fully saturated rings. The van der Waals surface area contributed by atoms with Gasteiger partial charge in [-0.15, -0.1) is 11.3 Å². The lowest BCUT2D eigenvalue weighted by Crippen LogP contribution is -2.10. The summed E-state index contributed by atoms with van der Waals surface area (Å²) < 4.78 is 6.33. The minimum Gasteiger partial charge on any atom is -0.341 e. The summed E-state index contributed by atoms with van der Waals surface area (Å²) >= 11 is 14.4. The third kappa shape index (κ3) is 4.76. The highest BCUT2D eigenvalue weighted by molar-refractivity contribution is 8.13. The smallest absolute Gasteiger partial charge is 0.237 e. The molecule has 0 aliphatic carbocycles. The lowest BCUT2D eigenvalue weighted by atomic mass is 10.2. The highest BCUT2D eigenvalue weighted by Gasteiger charge is 2.27. The van der Waals surface area contributed by atoms with Crippen molar-refractivity contribution < 1.29 is 9.42 Å². The summed E-state index contributed by atoms with van der Waals surface area (Å²) in [5, 5.41) is 1.45. The molecule has 8 heteroatoms. The Morgan fingerprint density at radius 1 is 1.19 bits per heavy atom. The molecule has 0 aliphatic heterocycles. The number of aryl methyl sites for hydroxylation is 1. The maximum Gasteiger partial charge on any atom is 0.237 e. The van der Waals surface area contributed by atoms with Crippen molar-refractivity contribution in [2.45, 2.75) is 23.0 Å². The van der Waals surface area contributed by atoms with Crippen molar-refractivity contribution in [1.29, 1.82) is 0 Å². The van der Waals surface area contributed by atoms with Crippen molar-refractivity contribution in [1.82, 2.24) is 4.98 Å². The van der Waals surface area contributed by atoms with E-state index in [9.17, 15) is 4.89 Å². The second kappa shape index (κ2) is 8.53. The van der Waals surface area contributed by atoms with Gasteiger partial charge in [-0.3, -0.25) is 0 Å². The van der Waals surface area contributed by atoms with Gasteiger partial charge in [0.2, 0.25) is 6.49 Å². The molecule has 3 nitrogen and oxygen atoms in total. The van der Waals surface area contributed by atoms with Crippen molar-refractivity contribution in [3.05, 3.63) is 59.1 Å². The number of hydrogen-bond donors (Lipinski definition) is 1. The fourth-order valence-electron chi connectivity index (χ4n) is 2.21. The van der Waals surface area contributed by atoms with Crippen LogP contribution in [-0.2, 0) is 16.3 Å². The molecule has 0 aliphatic rings. The predicted octanol–water partition coefficient (Wildman–Crippen LogP) is 5.89. The van der Waals surface area contributed by atoms with E-state index in [1.165, 1.54) is 16.9 Å². The first kappa shape index (κ1) is 20.0. The van der Waals surface area contributed by atoms with Crippen LogP contribution < -0.4 is 5.44 Å². The molecule has 26 heavy (non-hydrogen) atoms. The quantitative estimate of drug-likeness (QED) is 0.483. The maximum absolute atomic E-state index is 10.7. The lowest BCUT2D eigenvalue weighted by Gasteiger charge is -2.13. The van der Waals surface area contributed by atoms with Crippen molar-refractivity contribution in [2.24, 2.45) is 0 Å². The van der Waals surface area contributed by atoms with E-state index < -0.39 is 6.49 Å². The average Bonchev–Trinajstić information content (AvgIpc) is 3.02. The Kier molecular flexibility index (Phi) is 6.57. The summed E-state index contributed by atoms with van der Waals surface area (Å²) in [6, 6.07) is 15.7. The molecule has 136 valence electrons. The van der Waals surface area contributed by atoms with Gasteiger partial charge in [0.15, 0.2) is 0 Å². The molecule has 0 radical (unpaired) electrons. The van der Waals surface area contributed by atoms with E-state index in [1.807, 2.05) is 50.2 Å². The van der Waals surface area contributed by atoms with Gasteiger partial charge in [-0.2, -0.15) is 0 Å². The van der Waals surface area contributed by atoms with Crippen LogP contribution in [0.25, 0.3) is 10.6 Å². The van der Waals surface area contributed by atoms with Gasteiger partial charge < -0.3 is 9.42 Å². The van der Waals surface area contributed by atoms with Gasteiger partial charge in [0.25, 0.3) is 0 Å². The molecule has 1 aromatic heterocycles. The number of rotatable bonds is 6. The van der Waals surface area contributed by atoms with Gasteiger partial charge in [0.05, 0.1) is 10.8 Å². The molecule has 0 saturated heterocycles. The van der Waals surface area contributed by atoms with E-state index in [2.05, 4.69) is 17.1 Å². The topological polar surface area (TPSA) is 42.4 Å². The average molecular weight is 442 g/mol. The molecule has 1 atom stereocenters. The normalized spacial score (nSPS) is 13.5. The number of thiazole rings is 1. The lowest BCUT2D eigenvalue weighted by molar-refractivity contribution is 0.334. The Bertz CT molecular complexity index is 942. The number of halogens is 1. The van der Waals surface area contributed by atoms with E-state index in [-0.39, 0.29) is 0 Å². The monoisotopic (exact) mass is 441 g/mol. The Morgan fingerprint density at radius 3 is 2.46 bits per heavy atom. The Balaban J connectivity index is 2.03. The zero-order chi connectivity index (χ0) is 18.7. The van der Waals surface area contributed by atoms with Crippen LogP contribution in [0, 0.1) is 6.92 Å². The highest BCUT2D eigenvalue weighted by Crippen LogP contribution is 2.47. The summed E-state index contributed by atoms with van der Waals surface area (Å²) in [6.45, 7) is 1.06. The Hall–Kier alpha value is -0.720. The van der Waals surface area contributed by atoms with E-state index in [1.54, 1.807) is 11.8 Å². The maximum atomic E-state index is 10.7. The van der Waals surface area contributed by atoms with E-state index in [4.69, 9.17) is 27.9 Å². The van der Waals surface area contributed by atoms with Crippen LogP contribution in [0.2, 0.25) is 5.02 Å². The van der Waals surface area contributed by atoms with Gasteiger partial charge in [0.1, 0.15) is 10.4 Å². The summed E-state index contributed by atoms with van der Waals surface area (Å²) in [7, 11) is 0. The standard InChI is InChI=1S/C18H17ClNO2PS3/c1-3-22-23(21,24)16-18(25-15-10-4-12(2)5-11-15)26-17(20-16)13-6-8-14(19)9-7-13/h4-11H,3H2,1-2H3,(H,21,24). The minimum absolute atomic E-state index is 0.343. The fraction of sp³-hybridized carbons (Fsp3) is 0.167. The third-order valence-electron chi connectivity index (χ3n) is 3.47. The molecule has 3 rings (SSSR count). The molecule has 0 spiro atoms. The highest BCUT2D eigenvalue weighted by atomic mass is 35.5. The van der Waals surface area contributed by atoms with Crippen LogP contribution in [-0.4, -0.2) is 16.5 Å². The predicted molar refractivity (Wildman–Crippen MR) is 116 cm³/mol. The zero-order valence-electron chi connectivity index (χ0n) is 14.2. The first-order valence-corrected chi connectivity index (χ1v) is 12.6. The Labute approximate surface area is 171 Å². The molecular formula is C18H17ClNO2PS3. The first-order chi connectivity index (χ1) is 12.4. The van der Waals surface area contributed by atoms with Crippen molar-refractivity contribution >= 4 is 58.4 Å². The van der Waals surface area contributed by atoms with Crippen LogP contribution in [0.3, 0.4) is 0 Å². The van der Waals surface area contributed by atoms with Gasteiger partial charge in [-0.1, -0.05) is 53.2 Å². The number of aromatic nitrogens is 1. The summed E-state index contributed by atoms with van der Waals surface area (Å²) in [6.07, 6.45) is 0. The van der Waals surface area contributed by atoms with Crippen LogP contribution in [0.1, 0.15) is 12.5 Å². The van der Waals surface area contributed by atoms with Crippen molar-refractivity contribution in [2.75, 3.05) is 6.61 Å².